The van der Waals surface area contributed by atoms with Crippen LogP contribution < -0.4 is 4.90 Å². The summed E-state index contributed by atoms with van der Waals surface area (Å²) in [6.45, 7) is 0.558. The van der Waals surface area contributed by atoms with Crippen LogP contribution >= 0.6 is 7.82 Å². The van der Waals surface area contributed by atoms with Gasteiger partial charge >= 0.3 is 7.82 Å². The van der Waals surface area contributed by atoms with E-state index in [2.05, 4.69) is 4.52 Å². The highest BCUT2D eigenvalue weighted by Gasteiger charge is 2.14. The fourth-order valence-corrected chi connectivity index (χ4v) is 0.662. The molecule has 0 saturated heterocycles. The van der Waals surface area contributed by atoms with Crippen LogP contribution in [0.2, 0.25) is 0 Å². The lowest BCUT2D eigenvalue weighted by atomic mass is 10.6. The Labute approximate surface area is 59.8 Å². The first-order valence-corrected chi connectivity index (χ1v) is 4.29. The van der Waals surface area contributed by atoms with Crippen LogP contribution in [-0.4, -0.2) is 37.0 Å². The first-order chi connectivity index (χ1) is 4.42. The minimum Gasteiger partial charge on any atom is -0.303 e. The Kier molecular flexibility index (Phi) is 4.08. The van der Waals surface area contributed by atoms with Crippen molar-refractivity contribution in [1.29, 1.82) is 0 Å². The van der Waals surface area contributed by atoms with Crippen molar-refractivity contribution in [2.45, 2.75) is 0 Å². The Balaban J connectivity index is 3.30. The zero-order chi connectivity index (χ0) is 8.20. The van der Waals surface area contributed by atoms with Crippen molar-refractivity contribution in [3.05, 3.63) is 0 Å². The van der Waals surface area contributed by atoms with E-state index in [1.54, 1.807) is 19.0 Å². The van der Waals surface area contributed by atoms with Crippen molar-refractivity contribution in [1.82, 2.24) is 4.90 Å². The van der Waals surface area contributed by atoms with Gasteiger partial charge in [0.1, 0.15) is 27.2 Å². The highest BCUT2D eigenvalue weighted by atomic mass is 31.2. The lowest BCUT2D eigenvalue weighted by molar-refractivity contribution is 0.192. The Bertz CT molecular complexity index is 131. The maximum absolute atomic E-state index is 10.1. The van der Waals surface area contributed by atoms with Crippen LogP contribution in [0.5, 0.6) is 0 Å². The summed E-state index contributed by atoms with van der Waals surface area (Å²) in [5.74, 6) is 0. The Morgan fingerprint density at radius 1 is 1.50 bits per heavy atom. The molecule has 0 fully saturated rings. The van der Waals surface area contributed by atoms with Gasteiger partial charge in [0.25, 0.3) is 0 Å². The summed E-state index contributed by atoms with van der Waals surface area (Å²) in [4.78, 5) is 18.2. The number of phosphoric acid groups is 1. The zero-order valence-electron chi connectivity index (χ0n) is 6.02. The van der Waals surface area contributed by atoms with Crippen LogP contribution in [0.15, 0.2) is 0 Å². The highest BCUT2D eigenvalue weighted by molar-refractivity contribution is 7.46. The molecule has 0 rings (SSSR count). The number of hydrogen-bond donors (Lipinski definition) is 2. The van der Waals surface area contributed by atoms with Gasteiger partial charge < -0.3 is 9.79 Å². The van der Waals surface area contributed by atoms with Crippen LogP contribution in [0.3, 0.4) is 0 Å². The van der Waals surface area contributed by atoms with Crippen LogP contribution in [-0.2, 0) is 9.09 Å². The molecule has 0 amide bonds. The molecule has 0 bridgehead atoms. The number of rotatable bonds is 4. The lowest BCUT2D eigenvalue weighted by Crippen LogP contribution is -2.23. The molecule has 0 aromatic carbocycles. The van der Waals surface area contributed by atoms with Crippen LogP contribution in [0.25, 0.3) is 0 Å². The summed E-state index contributed by atoms with van der Waals surface area (Å²) in [5.41, 5.74) is 0. The largest absolute Gasteiger partial charge is 0.469 e. The van der Waals surface area contributed by atoms with E-state index in [1.165, 1.54) is 0 Å². The molecule has 0 aliphatic carbocycles. The van der Waals surface area contributed by atoms with Gasteiger partial charge in [0.2, 0.25) is 0 Å². The molecule has 0 saturated carbocycles. The molecule has 0 unspecified atom stereocenters. The molecule has 0 aliphatic rings. The van der Waals surface area contributed by atoms with Gasteiger partial charge in [-0.25, -0.2) is 4.57 Å². The van der Waals surface area contributed by atoms with Crippen LogP contribution in [0.1, 0.15) is 0 Å². The molecule has 0 aliphatic heterocycles. The molecule has 0 atom stereocenters. The number of phosphoric ester groups is 1. The van der Waals surface area contributed by atoms with Gasteiger partial charge in [-0.1, -0.05) is 0 Å². The third kappa shape index (κ3) is 8.07. The molecule has 5 nitrogen and oxygen atoms in total. The van der Waals surface area contributed by atoms with Crippen molar-refractivity contribution < 1.29 is 18.9 Å². The number of likely N-dealkylation sites (N-methyl/N-ethyl adjacent to an activating group) is 1. The van der Waals surface area contributed by atoms with Gasteiger partial charge in [0.15, 0.2) is 0 Å². The smallest absolute Gasteiger partial charge is 0.303 e. The zero-order valence-corrected chi connectivity index (χ0v) is 6.91. The fourth-order valence-electron chi connectivity index (χ4n) is 0.342. The highest BCUT2D eigenvalue weighted by Crippen LogP contribution is 2.35. The first kappa shape index (κ1) is 10.1. The third-order valence-electron chi connectivity index (χ3n) is 0.798. The maximum atomic E-state index is 10.1. The minimum atomic E-state index is -4.25. The molecular formula is C4H12NO4P+. The summed E-state index contributed by atoms with van der Waals surface area (Å²) in [7, 11) is -0.659. The van der Waals surface area contributed by atoms with Gasteiger partial charge in [-0.15, -0.1) is 0 Å². The third-order valence-corrected chi connectivity index (χ3v) is 1.32. The summed E-state index contributed by atoms with van der Waals surface area (Å²) in [6.07, 6.45) is 0. The number of hydrogen-bond acceptors (Lipinski definition) is 3. The maximum Gasteiger partial charge on any atom is 0.469 e. The topological polar surface area (TPSA) is 72.7 Å². The van der Waals surface area contributed by atoms with Crippen LogP contribution in [0.4, 0.5) is 0 Å². The molecule has 0 aromatic rings. The summed E-state index contributed by atoms with van der Waals surface area (Å²) >= 11 is 0. The number of nitrogens with zero attached hydrogens (tertiary/aromatic N) is 1. The molecule has 1 radical (unpaired) electrons. The Morgan fingerprint density at radius 2 is 2.00 bits per heavy atom. The van der Waals surface area contributed by atoms with E-state index in [1.807, 2.05) is 0 Å². The van der Waals surface area contributed by atoms with Crippen molar-refractivity contribution in [3.63, 3.8) is 0 Å². The standard InChI is InChI=1S/C4H12NO4P/c1-5(2)3-4-9-10(6,7)8/h3-4H2,1-2H3,(H2,6,7,8)/q+1. The van der Waals surface area contributed by atoms with E-state index in [4.69, 9.17) is 9.79 Å². The van der Waals surface area contributed by atoms with Crippen molar-refractivity contribution >= 4 is 7.82 Å². The van der Waals surface area contributed by atoms with Gasteiger partial charge in [0, 0.05) is 0 Å². The van der Waals surface area contributed by atoms with Crippen molar-refractivity contribution in [2.24, 2.45) is 0 Å². The molecule has 0 aromatic heterocycles. The van der Waals surface area contributed by atoms with Crippen LogP contribution in [0, 0.1) is 0 Å². The second-order valence-corrected chi connectivity index (χ2v) is 3.37. The minimum absolute atomic E-state index is 0.0529. The quantitative estimate of drug-likeness (QED) is 0.439. The SMILES string of the molecule is C[N+](C)CCOP(=O)(O)O. The summed E-state index contributed by atoms with van der Waals surface area (Å²) in [6, 6.07) is 0. The average Bonchev–Trinajstić information content (AvgIpc) is 1.59. The molecular weight excluding hydrogens is 157 g/mol. The lowest BCUT2D eigenvalue weighted by Gasteiger charge is -2.03. The molecule has 0 heterocycles. The molecule has 0 spiro atoms. The van der Waals surface area contributed by atoms with Gasteiger partial charge in [-0.3, -0.25) is 4.52 Å². The molecule has 2 N–H and O–H groups in total. The predicted molar refractivity (Wildman–Crippen MR) is 36.8 cm³/mol. The van der Waals surface area contributed by atoms with Gasteiger partial charge in [-0.2, -0.15) is 4.90 Å². The van der Waals surface area contributed by atoms with E-state index in [9.17, 15) is 4.57 Å². The monoisotopic (exact) mass is 169 g/mol. The second kappa shape index (κ2) is 4.05. The van der Waals surface area contributed by atoms with Crippen molar-refractivity contribution in [2.75, 3.05) is 27.2 Å². The van der Waals surface area contributed by atoms with Crippen molar-refractivity contribution in [3.8, 4) is 0 Å². The van der Waals surface area contributed by atoms with E-state index in [-0.39, 0.29) is 6.61 Å². The van der Waals surface area contributed by atoms with Gasteiger partial charge in [-0.05, 0) is 0 Å². The van der Waals surface area contributed by atoms with E-state index in [0.717, 1.165) is 0 Å². The average molecular weight is 169 g/mol. The van der Waals surface area contributed by atoms with E-state index < -0.39 is 7.82 Å². The molecule has 6 heteroatoms. The first-order valence-electron chi connectivity index (χ1n) is 2.76. The molecule has 61 valence electrons. The van der Waals surface area contributed by atoms with E-state index >= 15 is 0 Å². The van der Waals surface area contributed by atoms with Gasteiger partial charge in [0.05, 0.1) is 0 Å². The Hall–Kier alpha value is 0.0700. The Morgan fingerprint density at radius 3 is 2.30 bits per heavy atom. The summed E-state index contributed by atoms with van der Waals surface area (Å²) < 4.78 is 14.2. The predicted octanol–water partition coefficient (Wildman–Crippen LogP) is -0.505. The van der Waals surface area contributed by atoms with E-state index in [0.29, 0.717) is 6.54 Å². The molecule has 10 heavy (non-hydrogen) atoms. The normalized spacial score (nSPS) is 12.5. The summed E-state index contributed by atoms with van der Waals surface area (Å²) in [5, 5.41) is 0. The fraction of sp³-hybridized carbons (Fsp3) is 1.00. The second-order valence-electron chi connectivity index (χ2n) is 2.13.